The van der Waals surface area contributed by atoms with Crippen molar-refractivity contribution in [2.24, 2.45) is 0 Å². The molecule has 0 aliphatic carbocycles. The predicted octanol–water partition coefficient (Wildman–Crippen LogP) is 5.22. The summed E-state index contributed by atoms with van der Waals surface area (Å²) < 4.78 is 5.99. The molecule has 4 heteroatoms. The summed E-state index contributed by atoms with van der Waals surface area (Å²) >= 11 is 1.46. The maximum Gasteiger partial charge on any atom is 0.261 e. The molecule has 0 unspecified atom stereocenters. The van der Waals surface area contributed by atoms with Gasteiger partial charge in [0.25, 0.3) is 5.91 Å². The zero-order valence-corrected chi connectivity index (χ0v) is 16.9. The number of hydrogen-bond donors (Lipinski definition) is 1. The summed E-state index contributed by atoms with van der Waals surface area (Å²) in [5.41, 5.74) is 5.83. The van der Waals surface area contributed by atoms with Crippen LogP contribution in [0.4, 0.5) is 0 Å². The summed E-state index contributed by atoms with van der Waals surface area (Å²) in [7, 11) is 0. The zero-order valence-electron chi connectivity index (χ0n) is 16.0. The Labute approximate surface area is 165 Å². The van der Waals surface area contributed by atoms with Crippen LogP contribution in [0.15, 0.2) is 53.9 Å². The third-order valence-electron chi connectivity index (χ3n) is 4.58. The van der Waals surface area contributed by atoms with Gasteiger partial charge in [0.05, 0.1) is 4.88 Å². The largest absolute Gasteiger partial charge is 0.489 e. The van der Waals surface area contributed by atoms with Gasteiger partial charge in [0.2, 0.25) is 0 Å². The predicted molar refractivity (Wildman–Crippen MR) is 112 cm³/mol. The standard InChI is InChI=1S/C23H25NO2S/c1-16-11-17(2)18(3)21(12-16)26-14-20-13-22(27-15-20)23(25)24-10-9-19-7-5-4-6-8-19/h4-8,11-13,15H,9-10,14H2,1-3H3,(H,24,25). The highest BCUT2D eigenvalue weighted by Crippen LogP contribution is 2.25. The van der Waals surface area contributed by atoms with E-state index in [0.29, 0.717) is 13.2 Å². The Kier molecular flexibility index (Phi) is 6.30. The van der Waals surface area contributed by atoms with E-state index in [4.69, 9.17) is 4.74 Å². The number of rotatable bonds is 7. The second-order valence-corrected chi connectivity index (χ2v) is 7.72. The number of carbonyl (C=O) groups excluding carboxylic acids is 1. The molecule has 0 radical (unpaired) electrons. The summed E-state index contributed by atoms with van der Waals surface area (Å²) in [6.07, 6.45) is 0.833. The lowest BCUT2D eigenvalue weighted by Crippen LogP contribution is -2.24. The molecule has 0 bridgehead atoms. The number of benzene rings is 2. The first kappa shape index (κ1) is 19.2. The fraction of sp³-hybridized carbons (Fsp3) is 0.261. The topological polar surface area (TPSA) is 38.3 Å². The van der Waals surface area contributed by atoms with E-state index in [1.54, 1.807) is 0 Å². The first-order valence-corrected chi connectivity index (χ1v) is 10.0. The summed E-state index contributed by atoms with van der Waals surface area (Å²) in [6, 6.07) is 16.3. The molecule has 1 N–H and O–H groups in total. The highest BCUT2D eigenvalue weighted by molar-refractivity contribution is 7.12. The number of hydrogen-bond acceptors (Lipinski definition) is 3. The van der Waals surface area contributed by atoms with Crippen molar-refractivity contribution in [3.05, 3.63) is 86.6 Å². The zero-order chi connectivity index (χ0) is 19.2. The maximum atomic E-state index is 12.3. The lowest BCUT2D eigenvalue weighted by atomic mass is 10.1. The van der Waals surface area contributed by atoms with E-state index in [9.17, 15) is 4.79 Å². The molecular weight excluding hydrogens is 354 g/mol. The second-order valence-electron chi connectivity index (χ2n) is 6.80. The third kappa shape index (κ3) is 5.20. The first-order valence-electron chi connectivity index (χ1n) is 9.13. The van der Waals surface area contributed by atoms with Crippen molar-refractivity contribution < 1.29 is 9.53 Å². The molecule has 0 saturated carbocycles. The average Bonchev–Trinajstić information content (AvgIpc) is 3.13. The van der Waals surface area contributed by atoms with E-state index >= 15 is 0 Å². The monoisotopic (exact) mass is 379 g/mol. The van der Waals surface area contributed by atoms with Gasteiger partial charge in [-0.25, -0.2) is 0 Å². The maximum absolute atomic E-state index is 12.3. The first-order chi connectivity index (χ1) is 13.0. The number of ether oxygens (including phenoxy) is 1. The van der Waals surface area contributed by atoms with Gasteiger partial charge in [-0.05, 0) is 67.0 Å². The van der Waals surface area contributed by atoms with Crippen LogP contribution in [0.25, 0.3) is 0 Å². The Hall–Kier alpha value is -2.59. The molecule has 0 spiro atoms. The Morgan fingerprint density at radius 1 is 1.04 bits per heavy atom. The molecule has 1 heterocycles. The molecule has 0 saturated heterocycles. The van der Waals surface area contributed by atoms with Gasteiger partial charge in [-0.2, -0.15) is 0 Å². The van der Waals surface area contributed by atoms with Gasteiger partial charge in [0.15, 0.2) is 0 Å². The van der Waals surface area contributed by atoms with E-state index in [-0.39, 0.29) is 5.91 Å². The highest BCUT2D eigenvalue weighted by Gasteiger charge is 2.10. The minimum Gasteiger partial charge on any atom is -0.489 e. The van der Waals surface area contributed by atoms with E-state index in [1.165, 1.54) is 28.0 Å². The van der Waals surface area contributed by atoms with Crippen molar-refractivity contribution in [3.8, 4) is 5.75 Å². The number of nitrogens with one attached hydrogen (secondary N) is 1. The van der Waals surface area contributed by atoms with Crippen LogP contribution in [0, 0.1) is 20.8 Å². The van der Waals surface area contributed by atoms with Crippen LogP contribution >= 0.6 is 11.3 Å². The summed E-state index contributed by atoms with van der Waals surface area (Å²) in [4.78, 5) is 13.0. The van der Waals surface area contributed by atoms with Crippen molar-refractivity contribution in [3.63, 3.8) is 0 Å². The molecule has 0 fully saturated rings. The SMILES string of the molecule is Cc1cc(C)c(C)c(OCc2csc(C(=O)NCCc3ccccc3)c2)c1. The van der Waals surface area contributed by atoms with Crippen LogP contribution < -0.4 is 10.1 Å². The van der Waals surface area contributed by atoms with Crippen molar-refractivity contribution in [1.29, 1.82) is 0 Å². The van der Waals surface area contributed by atoms with Gasteiger partial charge in [-0.15, -0.1) is 11.3 Å². The number of carbonyl (C=O) groups is 1. The van der Waals surface area contributed by atoms with Crippen molar-refractivity contribution in [2.75, 3.05) is 6.54 Å². The summed E-state index contributed by atoms with van der Waals surface area (Å²) in [6.45, 7) is 7.34. The third-order valence-corrected chi connectivity index (χ3v) is 5.56. The van der Waals surface area contributed by atoms with E-state index in [2.05, 4.69) is 50.4 Å². The van der Waals surface area contributed by atoms with Gasteiger partial charge in [0.1, 0.15) is 12.4 Å². The van der Waals surface area contributed by atoms with Crippen LogP contribution in [0.5, 0.6) is 5.75 Å². The second kappa shape index (κ2) is 8.87. The van der Waals surface area contributed by atoms with Crippen LogP contribution in [0.3, 0.4) is 0 Å². The molecule has 3 rings (SSSR count). The number of amides is 1. The van der Waals surface area contributed by atoms with Gasteiger partial charge >= 0.3 is 0 Å². The minimum atomic E-state index is -0.0234. The highest BCUT2D eigenvalue weighted by atomic mass is 32.1. The van der Waals surface area contributed by atoms with E-state index in [1.807, 2.05) is 29.6 Å². The Morgan fingerprint density at radius 3 is 2.59 bits per heavy atom. The lowest BCUT2D eigenvalue weighted by molar-refractivity contribution is 0.0958. The molecule has 27 heavy (non-hydrogen) atoms. The number of thiophene rings is 1. The number of aryl methyl sites for hydroxylation is 2. The van der Waals surface area contributed by atoms with Crippen LogP contribution in [0.1, 0.15) is 37.5 Å². The van der Waals surface area contributed by atoms with Crippen molar-refractivity contribution >= 4 is 17.2 Å². The van der Waals surface area contributed by atoms with Gasteiger partial charge in [0, 0.05) is 12.1 Å². The molecule has 140 valence electrons. The van der Waals surface area contributed by atoms with Gasteiger partial charge < -0.3 is 10.1 Å². The summed E-state index contributed by atoms with van der Waals surface area (Å²) in [5.74, 6) is 0.886. The normalized spacial score (nSPS) is 10.6. The van der Waals surface area contributed by atoms with Crippen molar-refractivity contribution in [2.45, 2.75) is 33.8 Å². The molecule has 3 aromatic rings. The molecule has 0 aliphatic heterocycles. The fourth-order valence-electron chi connectivity index (χ4n) is 2.93. The average molecular weight is 380 g/mol. The fourth-order valence-corrected chi connectivity index (χ4v) is 3.75. The smallest absolute Gasteiger partial charge is 0.261 e. The Morgan fingerprint density at radius 2 is 1.81 bits per heavy atom. The molecular formula is C23H25NO2S. The Balaban J connectivity index is 1.53. The van der Waals surface area contributed by atoms with Crippen molar-refractivity contribution in [1.82, 2.24) is 5.32 Å². The molecule has 2 aromatic carbocycles. The minimum absolute atomic E-state index is 0.0234. The molecule has 3 nitrogen and oxygen atoms in total. The molecule has 0 atom stereocenters. The van der Waals surface area contributed by atoms with E-state index in [0.717, 1.165) is 28.2 Å². The molecule has 1 amide bonds. The van der Waals surface area contributed by atoms with Crippen LogP contribution in [-0.4, -0.2) is 12.5 Å². The van der Waals surface area contributed by atoms with Crippen LogP contribution in [0.2, 0.25) is 0 Å². The lowest BCUT2D eigenvalue weighted by Gasteiger charge is -2.11. The molecule has 0 aliphatic rings. The molecule has 1 aromatic heterocycles. The summed E-state index contributed by atoms with van der Waals surface area (Å²) in [5, 5.41) is 4.98. The van der Waals surface area contributed by atoms with Gasteiger partial charge in [-0.1, -0.05) is 36.4 Å². The Bertz CT molecular complexity index is 915. The van der Waals surface area contributed by atoms with E-state index < -0.39 is 0 Å². The quantitative estimate of drug-likeness (QED) is 0.611. The van der Waals surface area contributed by atoms with Crippen LogP contribution in [-0.2, 0) is 13.0 Å². The van der Waals surface area contributed by atoms with Gasteiger partial charge in [-0.3, -0.25) is 4.79 Å².